The van der Waals surface area contributed by atoms with Crippen molar-refractivity contribution in [1.29, 1.82) is 0 Å². The molecule has 0 atom stereocenters. The van der Waals surface area contributed by atoms with Crippen molar-refractivity contribution in [3.05, 3.63) is 35.9 Å². The Labute approximate surface area is 100 Å². The Bertz CT molecular complexity index is 452. The molecular weight excluding hydrogens is 216 g/mol. The maximum Gasteiger partial charge on any atom is 0.245 e. The number of anilines is 1. The lowest BCUT2D eigenvalue weighted by atomic mass is 10.2. The second kappa shape index (κ2) is 5.40. The average Bonchev–Trinajstić information content (AvgIpc) is 2.76. The summed E-state index contributed by atoms with van der Waals surface area (Å²) in [5.41, 5.74) is 6.83. The van der Waals surface area contributed by atoms with Gasteiger partial charge in [-0.3, -0.25) is 0 Å². The number of tetrazole rings is 1. The van der Waals surface area contributed by atoms with Crippen LogP contribution in [0.1, 0.15) is 5.56 Å². The second-order valence-corrected chi connectivity index (χ2v) is 3.80. The van der Waals surface area contributed by atoms with Crippen molar-refractivity contribution in [2.75, 3.05) is 18.0 Å². The number of hydrogen-bond acceptors (Lipinski definition) is 5. The van der Waals surface area contributed by atoms with Gasteiger partial charge in [-0.05, 0) is 16.0 Å². The molecule has 0 unspecified atom stereocenters. The van der Waals surface area contributed by atoms with Crippen molar-refractivity contribution >= 4 is 5.95 Å². The van der Waals surface area contributed by atoms with Crippen LogP contribution in [0, 0.1) is 0 Å². The van der Waals surface area contributed by atoms with Crippen molar-refractivity contribution in [3.63, 3.8) is 0 Å². The number of nitrogens with two attached hydrogens (primary N) is 1. The Morgan fingerprint density at radius 1 is 1.29 bits per heavy atom. The number of nitrogens with zero attached hydrogens (tertiary/aromatic N) is 5. The standard InChI is InChI=1S/C11H16N6/c1-16-11(13-14-15-16)17(8-7-12)9-10-5-3-2-4-6-10/h2-6H,7-9,12H2,1H3. The molecule has 2 N–H and O–H groups in total. The Balaban J connectivity index is 2.16. The van der Waals surface area contributed by atoms with Crippen LogP contribution >= 0.6 is 0 Å². The SMILES string of the molecule is Cn1nnnc1N(CCN)Cc1ccccc1. The highest BCUT2D eigenvalue weighted by Gasteiger charge is 2.12. The highest BCUT2D eigenvalue weighted by atomic mass is 15.6. The molecule has 17 heavy (non-hydrogen) atoms. The van der Waals surface area contributed by atoms with Crippen LogP contribution in [0.3, 0.4) is 0 Å². The van der Waals surface area contributed by atoms with Crippen LogP contribution in [0.2, 0.25) is 0 Å². The van der Waals surface area contributed by atoms with Gasteiger partial charge < -0.3 is 10.6 Å². The molecule has 0 saturated heterocycles. The lowest BCUT2D eigenvalue weighted by Gasteiger charge is -2.21. The molecular formula is C11H16N6. The van der Waals surface area contributed by atoms with Gasteiger partial charge in [-0.25, -0.2) is 4.68 Å². The lowest BCUT2D eigenvalue weighted by molar-refractivity contribution is 0.675. The minimum atomic E-state index is 0.569. The van der Waals surface area contributed by atoms with Crippen LogP contribution < -0.4 is 10.6 Å². The van der Waals surface area contributed by atoms with E-state index in [-0.39, 0.29) is 0 Å². The predicted molar refractivity (Wildman–Crippen MR) is 65.3 cm³/mol. The Morgan fingerprint density at radius 2 is 2.06 bits per heavy atom. The van der Waals surface area contributed by atoms with Crippen molar-refractivity contribution < 1.29 is 0 Å². The maximum absolute atomic E-state index is 5.62. The average molecular weight is 232 g/mol. The summed E-state index contributed by atoms with van der Waals surface area (Å²) in [5.74, 6) is 0.735. The minimum absolute atomic E-state index is 0.569. The van der Waals surface area contributed by atoms with E-state index in [9.17, 15) is 0 Å². The normalized spacial score (nSPS) is 10.5. The summed E-state index contributed by atoms with van der Waals surface area (Å²) in [6, 6.07) is 10.2. The van der Waals surface area contributed by atoms with E-state index in [0.717, 1.165) is 19.0 Å². The number of aryl methyl sites for hydroxylation is 1. The Morgan fingerprint density at radius 3 is 2.65 bits per heavy atom. The Hall–Kier alpha value is -1.95. The molecule has 2 aromatic rings. The minimum Gasteiger partial charge on any atom is -0.334 e. The third kappa shape index (κ3) is 2.79. The molecule has 1 heterocycles. The summed E-state index contributed by atoms with van der Waals surface area (Å²) < 4.78 is 1.65. The van der Waals surface area contributed by atoms with Gasteiger partial charge in [0.2, 0.25) is 5.95 Å². The first-order chi connectivity index (χ1) is 8.31. The summed E-state index contributed by atoms with van der Waals surface area (Å²) in [7, 11) is 1.82. The van der Waals surface area contributed by atoms with Crippen LogP contribution in [0.5, 0.6) is 0 Å². The molecule has 1 aromatic carbocycles. The zero-order valence-electron chi connectivity index (χ0n) is 9.82. The largest absolute Gasteiger partial charge is 0.334 e. The van der Waals surface area contributed by atoms with Crippen LogP contribution in [-0.4, -0.2) is 33.3 Å². The second-order valence-electron chi connectivity index (χ2n) is 3.80. The molecule has 1 aromatic heterocycles. The zero-order chi connectivity index (χ0) is 12.1. The van der Waals surface area contributed by atoms with Crippen LogP contribution in [0.15, 0.2) is 30.3 Å². The molecule has 6 heteroatoms. The molecule has 0 spiro atoms. The van der Waals surface area contributed by atoms with Gasteiger partial charge in [0.25, 0.3) is 0 Å². The van der Waals surface area contributed by atoms with E-state index in [2.05, 4.69) is 32.6 Å². The van der Waals surface area contributed by atoms with Gasteiger partial charge >= 0.3 is 0 Å². The molecule has 0 aliphatic heterocycles. The third-order valence-electron chi connectivity index (χ3n) is 2.50. The Kier molecular flexibility index (Phi) is 3.66. The van der Waals surface area contributed by atoms with E-state index in [0.29, 0.717) is 6.54 Å². The van der Waals surface area contributed by atoms with E-state index in [1.165, 1.54) is 5.56 Å². The van der Waals surface area contributed by atoms with E-state index in [1.54, 1.807) is 4.68 Å². The van der Waals surface area contributed by atoms with Crippen LogP contribution in [-0.2, 0) is 13.6 Å². The van der Waals surface area contributed by atoms with Gasteiger partial charge in [-0.15, -0.1) is 0 Å². The first-order valence-electron chi connectivity index (χ1n) is 5.52. The monoisotopic (exact) mass is 232 g/mol. The van der Waals surface area contributed by atoms with Crippen molar-refractivity contribution in [2.45, 2.75) is 6.54 Å². The van der Waals surface area contributed by atoms with Gasteiger partial charge in [0.15, 0.2) is 0 Å². The molecule has 0 aliphatic carbocycles. The van der Waals surface area contributed by atoms with Crippen molar-refractivity contribution in [2.24, 2.45) is 12.8 Å². The quantitative estimate of drug-likeness (QED) is 0.796. The van der Waals surface area contributed by atoms with Crippen molar-refractivity contribution in [3.8, 4) is 0 Å². The lowest BCUT2D eigenvalue weighted by Crippen LogP contribution is -2.31. The van der Waals surface area contributed by atoms with Gasteiger partial charge in [0.1, 0.15) is 0 Å². The summed E-state index contributed by atoms with van der Waals surface area (Å²) in [6.07, 6.45) is 0. The fraction of sp³-hybridized carbons (Fsp3) is 0.364. The molecule has 0 fully saturated rings. The molecule has 0 saturated carbocycles. The summed E-state index contributed by atoms with van der Waals surface area (Å²) >= 11 is 0. The van der Waals surface area contributed by atoms with Crippen LogP contribution in [0.4, 0.5) is 5.95 Å². The zero-order valence-corrected chi connectivity index (χ0v) is 9.82. The van der Waals surface area contributed by atoms with Gasteiger partial charge in [-0.2, -0.15) is 0 Å². The van der Waals surface area contributed by atoms with Gasteiger partial charge in [0.05, 0.1) is 0 Å². The maximum atomic E-state index is 5.62. The summed E-state index contributed by atoms with van der Waals surface area (Å²) in [4.78, 5) is 2.06. The highest BCUT2D eigenvalue weighted by molar-refractivity contribution is 5.30. The smallest absolute Gasteiger partial charge is 0.245 e. The third-order valence-corrected chi connectivity index (χ3v) is 2.50. The summed E-state index contributed by atoms with van der Waals surface area (Å²) in [6.45, 7) is 2.05. The fourth-order valence-electron chi connectivity index (χ4n) is 1.70. The number of benzene rings is 1. The molecule has 0 radical (unpaired) electrons. The van der Waals surface area contributed by atoms with E-state index in [4.69, 9.17) is 5.73 Å². The number of rotatable bonds is 5. The predicted octanol–water partition coefficient (Wildman–Crippen LogP) is 0.175. The van der Waals surface area contributed by atoms with E-state index >= 15 is 0 Å². The molecule has 0 amide bonds. The molecule has 0 aliphatic rings. The number of aromatic nitrogens is 4. The molecule has 90 valence electrons. The van der Waals surface area contributed by atoms with Crippen molar-refractivity contribution in [1.82, 2.24) is 20.2 Å². The van der Waals surface area contributed by atoms with Gasteiger partial charge in [0, 0.05) is 26.7 Å². The fourth-order valence-corrected chi connectivity index (χ4v) is 1.70. The molecule has 0 bridgehead atoms. The highest BCUT2D eigenvalue weighted by Crippen LogP contribution is 2.11. The summed E-state index contributed by atoms with van der Waals surface area (Å²) in [5, 5.41) is 11.5. The first kappa shape index (κ1) is 11.5. The molecule has 6 nitrogen and oxygen atoms in total. The van der Waals surface area contributed by atoms with Gasteiger partial charge in [-0.1, -0.05) is 35.4 Å². The van der Waals surface area contributed by atoms with E-state index < -0.39 is 0 Å². The van der Waals surface area contributed by atoms with Crippen LogP contribution in [0.25, 0.3) is 0 Å². The molecule has 2 rings (SSSR count). The first-order valence-corrected chi connectivity index (χ1v) is 5.52. The number of hydrogen-bond donors (Lipinski definition) is 1. The topological polar surface area (TPSA) is 72.9 Å². The van der Waals surface area contributed by atoms with E-state index in [1.807, 2.05) is 25.2 Å².